The molecule has 1 N–H and O–H groups in total. The van der Waals surface area contributed by atoms with Crippen molar-refractivity contribution in [3.63, 3.8) is 0 Å². The van der Waals surface area contributed by atoms with E-state index in [4.69, 9.17) is 0 Å². The molecule has 0 amide bonds. The summed E-state index contributed by atoms with van der Waals surface area (Å²) in [5.74, 6) is -1.44. The number of hydrogen-bond donors (Lipinski definition) is 1. The van der Waals surface area contributed by atoms with Gasteiger partial charge in [-0.05, 0) is 12.8 Å². The Balaban J connectivity index is 0. The molecule has 0 saturated heterocycles. The Morgan fingerprint density at radius 2 is 1.43 bits per heavy atom. The van der Waals surface area contributed by atoms with Crippen LogP contribution in [0.1, 0.15) is 77.6 Å². The quantitative estimate of drug-likeness (QED) is 0.310. The smallest absolute Gasteiger partial charge is 0.549 e. The van der Waals surface area contributed by atoms with Crippen LogP contribution in [0.25, 0.3) is 0 Å². The van der Waals surface area contributed by atoms with Crippen LogP contribution >= 0.6 is 0 Å². The van der Waals surface area contributed by atoms with E-state index in [2.05, 4.69) is 6.92 Å². The van der Waals surface area contributed by atoms with Crippen molar-refractivity contribution in [1.29, 1.82) is 0 Å². The number of hydrogen-bond acceptors (Lipinski definition) is 4. The molecule has 5 nitrogen and oxygen atoms in total. The first-order chi connectivity index (χ1) is 10.5. The van der Waals surface area contributed by atoms with Crippen molar-refractivity contribution in [1.82, 2.24) is 4.72 Å². The molecule has 23 heavy (non-hydrogen) atoms. The molecule has 0 rings (SSSR count). The molecule has 0 spiro atoms. The molecule has 130 valence electrons. The maximum atomic E-state index is 11.3. The molecule has 0 aliphatic carbocycles. The minimum absolute atomic E-state index is 0. The van der Waals surface area contributed by atoms with E-state index in [0.29, 0.717) is 6.42 Å². The maximum Gasteiger partial charge on any atom is 1.00 e. The average Bonchev–Trinajstić information content (AvgIpc) is 2.46. The van der Waals surface area contributed by atoms with E-state index >= 15 is 0 Å². The molecule has 0 bridgehead atoms. The molecule has 0 fully saturated rings. The maximum absolute atomic E-state index is 11.3. The molecule has 0 saturated carbocycles. The van der Waals surface area contributed by atoms with Gasteiger partial charge in [-0.3, -0.25) is 0 Å². The van der Waals surface area contributed by atoms with Crippen LogP contribution in [-0.4, -0.2) is 20.9 Å². The third-order valence-corrected chi connectivity index (χ3v) is 4.51. The summed E-state index contributed by atoms with van der Waals surface area (Å²) in [5.41, 5.74) is 0. The third kappa shape index (κ3) is 20.7. The fourth-order valence-corrected chi connectivity index (χ4v) is 2.96. The SMILES string of the molecule is CCCCCCCCCCCC/C=C/S(=O)(=O)NCC(=O)[O-].[K+]. The van der Waals surface area contributed by atoms with Crippen LogP contribution in [0, 0.1) is 0 Å². The number of carbonyl (C=O) groups is 1. The first kappa shape index (κ1) is 26.0. The second kappa shape index (κ2) is 17.6. The van der Waals surface area contributed by atoms with E-state index in [1.54, 1.807) is 6.08 Å². The Morgan fingerprint density at radius 1 is 0.957 bits per heavy atom. The van der Waals surface area contributed by atoms with E-state index in [-0.39, 0.29) is 51.4 Å². The standard InChI is InChI=1S/C16H31NO4S.K/c1-2-3-4-5-6-7-8-9-10-11-12-13-14-22(20,21)17-15-16(18)19;/h13-14,17H,2-12,15H2,1H3,(H,18,19);/q;+1/p-1/b14-13+;. The van der Waals surface area contributed by atoms with Crippen LogP contribution in [0.5, 0.6) is 0 Å². The van der Waals surface area contributed by atoms with E-state index in [9.17, 15) is 18.3 Å². The second-order valence-electron chi connectivity index (χ2n) is 5.58. The number of sulfonamides is 1. The van der Waals surface area contributed by atoms with Crippen LogP contribution in [-0.2, 0) is 14.8 Å². The number of carbonyl (C=O) groups excluding carboxylic acids is 1. The molecule has 0 aromatic heterocycles. The van der Waals surface area contributed by atoms with Crippen LogP contribution in [0.4, 0.5) is 0 Å². The second-order valence-corrected chi connectivity index (χ2v) is 7.23. The molecular weight excluding hydrogens is 341 g/mol. The first-order valence-electron chi connectivity index (χ1n) is 8.34. The number of rotatable bonds is 15. The summed E-state index contributed by atoms with van der Waals surface area (Å²) in [4.78, 5) is 10.2. The fraction of sp³-hybridized carbons (Fsp3) is 0.812. The number of aliphatic carboxylic acids is 1. The van der Waals surface area contributed by atoms with Gasteiger partial charge in [0, 0.05) is 5.41 Å². The summed E-state index contributed by atoms with van der Waals surface area (Å²) >= 11 is 0. The molecule has 0 atom stereocenters. The summed E-state index contributed by atoms with van der Waals surface area (Å²) in [6, 6.07) is 0. The van der Waals surface area contributed by atoms with Gasteiger partial charge in [0.25, 0.3) is 0 Å². The van der Waals surface area contributed by atoms with Gasteiger partial charge in [0.2, 0.25) is 10.0 Å². The van der Waals surface area contributed by atoms with E-state index < -0.39 is 22.5 Å². The third-order valence-electron chi connectivity index (χ3n) is 3.42. The van der Waals surface area contributed by atoms with Crippen molar-refractivity contribution in [2.75, 3.05) is 6.54 Å². The van der Waals surface area contributed by atoms with Crippen LogP contribution in [0.2, 0.25) is 0 Å². The number of carboxylic acid groups (broad SMARTS) is 1. The largest absolute Gasteiger partial charge is 1.00 e. The van der Waals surface area contributed by atoms with Crippen molar-refractivity contribution in [2.24, 2.45) is 0 Å². The minimum atomic E-state index is -3.64. The topological polar surface area (TPSA) is 86.3 Å². The fourth-order valence-electron chi connectivity index (χ4n) is 2.15. The van der Waals surface area contributed by atoms with E-state index in [0.717, 1.165) is 18.2 Å². The molecule has 0 radical (unpaired) electrons. The number of nitrogens with one attached hydrogen (secondary N) is 1. The van der Waals surface area contributed by atoms with Crippen molar-refractivity contribution in [3.05, 3.63) is 11.5 Å². The monoisotopic (exact) mass is 371 g/mol. The Kier molecular flexibility index (Phi) is 19.9. The molecule has 0 aromatic rings. The van der Waals surface area contributed by atoms with Crippen molar-refractivity contribution in [3.8, 4) is 0 Å². The normalized spacial score (nSPS) is 11.5. The summed E-state index contributed by atoms with van der Waals surface area (Å²) in [5, 5.41) is 11.2. The van der Waals surface area contributed by atoms with Crippen molar-refractivity contribution >= 4 is 16.0 Å². The van der Waals surface area contributed by atoms with Crippen LogP contribution in [0.3, 0.4) is 0 Å². The Hall–Kier alpha value is 0.756. The van der Waals surface area contributed by atoms with Gasteiger partial charge in [0.15, 0.2) is 0 Å². The zero-order chi connectivity index (χ0) is 16.7. The average molecular weight is 372 g/mol. The number of allylic oxidation sites excluding steroid dienone is 1. The molecule has 0 unspecified atom stereocenters. The predicted octanol–water partition coefficient (Wildman–Crippen LogP) is -0.516. The molecule has 0 aliphatic heterocycles. The van der Waals surface area contributed by atoms with Crippen molar-refractivity contribution < 1.29 is 69.7 Å². The van der Waals surface area contributed by atoms with Gasteiger partial charge >= 0.3 is 51.4 Å². The van der Waals surface area contributed by atoms with E-state index in [1.165, 1.54) is 51.4 Å². The van der Waals surface area contributed by atoms with E-state index in [1.807, 2.05) is 4.72 Å². The molecular formula is C16H30KNO4S. The van der Waals surface area contributed by atoms with Crippen molar-refractivity contribution in [2.45, 2.75) is 77.6 Å². The van der Waals surface area contributed by atoms with Gasteiger partial charge in [0.1, 0.15) is 0 Å². The Labute approximate surface area is 184 Å². The first-order valence-corrected chi connectivity index (χ1v) is 9.88. The molecule has 0 heterocycles. The summed E-state index contributed by atoms with van der Waals surface area (Å²) in [6.45, 7) is 1.53. The van der Waals surface area contributed by atoms with Crippen LogP contribution in [0.15, 0.2) is 11.5 Å². The molecule has 0 aliphatic rings. The molecule has 0 aromatic carbocycles. The summed E-state index contributed by atoms with van der Waals surface area (Å²) in [7, 11) is -3.64. The van der Waals surface area contributed by atoms with Gasteiger partial charge < -0.3 is 9.90 Å². The number of carboxylic acids is 1. The minimum Gasteiger partial charge on any atom is -0.549 e. The Morgan fingerprint density at radius 3 is 1.91 bits per heavy atom. The summed E-state index contributed by atoms with van der Waals surface area (Å²) < 4.78 is 24.6. The summed E-state index contributed by atoms with van der Waals surface area (Å²) in [6.07, 6.45) is 14.7. The zero-order valence-electron chi connectivity index (χ0n) is 14.7. The van der Waals surface area contributed by atoms with Gasteiger partial charge in [-0.1, -0.05) is 70.8 Å². The zero-order valence-corrected chi connectivity index (χ0v) is 18.6. The van der Waals surface area contributed by atoms with Gasteiger partial charge in [-0.25, -0.2) is 13.1 Å². The predicted molar refractivity (Wildman–Crippen MR) is 87.5 cm³/mol. The Bertz CT molecular complexity index is 410. The van der Waals surface area contributed by atoms with Gasteiger partial charge in [-0.2, -0.15) is 0 Å². The van der Waals surface area contributed by atoms with Crippen LogP contribution < -0.4 is 61.2 Å². The number of unbranched alkanes of at least 4 members (excludes halogenated alkanes) is 10. The van der Waals surface area contributed by atoms with Gasteiger partial charge in [0.05, 0.1) is 12.5 Å². The molecule has 7 heteroatoms. The van der Waals surface area contributed by atoms with Gasteiger partial charge in [-0.15, -0.1) is 0 Å².